The molecule has 0 aromatic heterocycles. The Bertz CT molecular complexity index is 402. The number of carboxylic acid groups (broad SMARTS) is 1. The number of aliphatic carboxylic acids is 1. The van der Waals surface area contributed by atoms with Crippen molar-refractivity contribution in [2.75, 3.05) is 6.54 Å². The summed E-state index contributed by atoms with van der Waals surface area (Å²) < 4.78 is 0. The van der Waals surface area contributed by atoms with Crippen LogP contribution in [0.25, 0.3) is 0 Å². The maximum atomic E-state index is 12.0. The monoisotopic (exact) mass is 296 g/mol. The molecule has 0 unspecified atom stereocenters. The van der Waals surface area contributed by atoms with E-state index in [1.54, 1.807) is 0 Å². The van der Waals surface area contributed by atoms with Gasteiger partial charge in [0.25, 0.3) is 0 Å². The molecule has 0 aliphatic heterocycles. The van der Waals surface area contributed by atoms with Gasteiger partial charge in [-0.3, -0.25) is 0 Å². The van der Waals surface area contributed by atoms with E-state index in [-0.39, 0.29) is 24.5 Å². The molecule has 0 aromatic rings. The summed E-state index contributed by atoms with van der Waals surface area (Å²) in [5.41, 5.74) is -0.0375. The van der Waals surface area contributed by atoms with Crippen molar-refractivity contribution in [1.29, 1.82) is 0 Å². The SMILES string of the molecule is O=C(NCC[C@H](O)C(=O)O)NC12CC3CC(CC(C3)C1)C2. The molecule has 4 bridgehead atoms. The summed E-state index contributed by atoms with van der Waals surface area (Å²) in [6, 6.07) is -0.227. The molecule has 4 aliphatic carbocycles. The van der Waals surface area contributed by atoms with Crippen molar-refractivity contribution in [2.45, 2.75) is 56.6 Å². The number of aliphatic hydroxyl groups is 1. The number of hydrogen-bond donors (Lipinski definition) is 4. The Labute approximate surface area is 124 Å². The molecule has 6 nitrogen and oxygen atoms in total. The van der Waals surface area contributed by atoms with E-state index in [0.29, 0.717) is 0 Å². The number of hydrogen-bond acceptors (Lipinski definition) is 3. The Morgan fingerprint density at radius 1 is 1.10 bits per heavy atom. The second-order valence-corrected chi connectivity index (χ2v) is 7.22. The first kappa shape index (κ1) is 14.6. The lowest BCUT2D eigenvalue weighted by molar-refractivity contribution is -0.146. The Hall–Kier alpha value is -1.30. The van der Waals surface area contributed by atoms with Crippen LogP contribution in [0.4, 0.5) is 4.79 Å². The zero-order valence-electron chi connectivity index (χ0n) is 12.2. The first-order valence-corrected chi connectivity index (χ1v) is 7.93. The van der Waals surface area contributed by atoms with Gasteiger partial charge in [0.05, 0.1) is 0 Å². The molecule has 4 aliphatic rings. The van der Waals surface area contributed by atoms with E-state index < -0.39 is 12.1 Å². The maximum Gasteiger partial charge on any atom is 0.332 e. The molecule has 4 saturated carbocycles. The second-order valence-electron chi connectivity index (χ2n) is 7.22. The second kappa shape index (κ2) is 5.48. The molecule has 21 heavy (non-hydrogen) atoms. The molecular formula is C15H24N2O4. The van der Waals surface area contributed by atoms with Crippen LogP contribution in [0.5, 0.6) is 0 Å². The average molecular weight is 296 g/mol. The van der Waals surface area contributed by atoms with Crippen molar-refractivity contribution in [2.24, 2.45) is 17.8 Å². The van der Waals surface area contributed by atoms with Crippen LogP contribution in [-0.2, 0) is 4.79 Å². The standard InChI is InChI=1S/C15H24N2O4/c18-12(13(19)20)1-2-16-14(21)17-15-6-9-3-10(7-15)5-11(4-9)8-15/h9-12,18H,1-8H2,(H,19,20)(H2,16,17,21)/t9?,10?,11?,12-,15?/m0/s1. The Balaban J connectivity index is 1.48. The molecule has 0 aromatic carbocycles. The molecular weight excluding hydrogens is 272 g/mol. The van der Waals surface area contributed by atoms with Gasteiger partial charge in [-0.25, -0.2) is 9.59 Å². The molecule has 0 saturated heterocycles. The highest BCUT2D eigenvalue weighted by molar-refractivity contribution is 5.75. The van der Waals surface area contributed by atoms with Crippen molar-refractivity contribution in [3.8, 4) is 0 Å². The molecule has 4 rings (SSSR count). The lowest BCUT2D eigenvalue weighted by Crippen LogP contribution is -2.61. The number of rotatable bonds is 5. The number of urea groups is 1. The lowest BCUT2D eigenvalue weighted by Gasteiger charge is -2.56. The number of aliphatic hydroxyl groups excluding tert-OH is 1. The Kier molecular flexibility index (Phi) is 3.82. The van der Waals surface area contributed by atoms with E-state index in [1.807, 2.05) is 0 Å². The van der Waals surface area contributed by atoms with E-state index in [9.17, 15) is 14.7 Å². The molecule has 0 spiro atoms. The van der Waals surface area contributed by atoms with Gasteiger partial charge in [-0.15, -0.1) is 0 Å². The summed E-state index contributed by atoms with van der Waals surface area (Å²) in [4.78, 5) is 22.5. The van der Waals surface area contributed by atoms with Crippen LogP contribution in [-0.4, -0.2) is 40.4 Å². The van der Waals surface area contributed by atoms with Crippen molar-refractivity contribution in [1.82, 2.24) is 10.6 Å². The van der Waals surface area contributed by atoms with Gasteiger partial charge < -0.3 is 20.8 Å². The predicted octanol–water partition coefficient (Wildman–Crippen LogP) is 1.09. The fourth-order valence-electron chi connectivity index (χ4n) is 4.99. The van der Waals surface area contributed by atoms with Gasteiger partial charge >= 0.3 is 12.0 Å². The zero-order valence-corrected chi connectivity index (χ0v) is 12.2. The van der Waals surface area contributed by atoms with E-state index in [0.717, 1.165) is 37.0 Å². The van der Waals surface area contributed by atoms with Crippen LogP contribution >= 0.6 is 0 Å². The number of carboxylic acids is 1. The normalized spacial score (nSPS) is 38.0. The number of nitrogens with one attached hydrogen (secondary N) is 2. The van der Waals surface area contributed by atoms with Crippen LogP contribution in [0.3, 0.4) is 0 Å². The zero-order chi connectivity index (χ0) is 15.0. The van der Waals surface area contributed by atoms with Crippen molar-refractivity contribution < 1.29 is 19.8 Å². The van der Waals surface area contributed by atoms with Gasteiger partial charge in [0.15, 0.2) is 6.10 Å². The van der Waals surface area contributed by atoms with E-state index in [2.05, 4.69) is 10.6 Å². The Morgan fingerprint density at radius 2 is 1.62 bits per heavy atom. The first-order chi connectivity index (χ1) is 9.96. The highest BCUT2D eigenvalue weighted by Crippen LogP contribution is 2.55. The molecule has 0 heterocycles. The summed E-state index contributed by atoms with van der Waals surface area (Å²) in [5, 5.41) is 23.6. The summed E-state index contributed by atoms with van der Waals surface area (Å²) in [7, 11) is 0. The number of amides is 2. The lowest BCUT2D eigenvalue weighted by atomic mass is 9.53. The van der Waals surface area contributed by atoms with Gasteiger partial charge in [0.1, 0.15) is 0 Å². The molecule has 4 fully saturated rings. The maximum absolute atomic E-state index is 12.0. The van der Waals surface area contributed by atoms with Crippen molar-refractivity contribution >= 4 is 12.0 Å². The minimum Gasteiger partial charge on any atom is -0.479 e. The third kappa shape index (κ3) is 3.15. The van der Waals surface area contributed by atoms with Crippen LogP contribution in [0.15, 0.2) is 0 Å². The summed E-state index contributed by atoms with van der Waals surface area (Å²) in [6.07, 6.45) is 5.86. The predicted molar refractivity (Wildman–Crippen MR) is 75.7 cm³/mol. The van der Waals surface area contributed by atoms with Crippen LogP contribution in [0.2, 0.25) is 0 Å². The summed E-state index contributed by atoms with van der Waals surface area (Å²) >= 11 is 0. The van der Waals surface area contributed by atoms with Crippen molar-refractivity contribution in [3.05, 3.63) is 0 Å². The number of carbonyl (C=O) groups is 2. The average Bonchev–Trinajstić information content (AvgIpc) is 2.35. The van der Waals surface area contributed by atoms with Gasteiger partial charge in [0, 0.05) is 18.5 Å². The molecule has 1 atom stereocenters. The molecule has 4 N–H and O–H groups in total. The quantitative estimate of drug-likeness (QED) is 0.610. The molecule has 2 amide bonds. The molecule has 6 heteroatoms. The van der Waals surface area contributed by atoms with Crippen LogP contribution in [0.1, 0.15) is 44.9 Å². The molecule has 0 radical (unpaired) electrons. The fourth-order valence-corrected chi connectivity index (χ4v) is 4.99. The third-order valence-electron chi connectivity index (χ3n) is 5.41. The van der Waals surface area contributed by atoms with E-state index in [4.69, 9.17) is 5.11 Å². The third-order valence-corrected chi connectivity index (χ3v) is 5.41. The van der Waals surface area contributed by atoms with Gasteiger partial charge in [-0.05, 0) is 56.3 Å². The minimum atomic E-state index is -1.41. The number of carbonyl (C=O) groups excluding carboxylic acids is 1. The Morgan fingerprint density at radius 3 is 2.10 bits per heavy atom. The highest BCUT2D eigenvalue weighted by Gasteiger charge is 2.51. The van der Waals surface area contributed by atoms with Gasteiger partial charge in [-0.1, -0.05) is 0 Å². The topological polar surface area (TPSA) is 98.7 Å². The largest absolute Gasteiger partial charge is 0.479 e. The van der Waals surface area contributed by atoms with Crippen LogP contribution < -0.4 is 10.6 Å². The van der Waals surface area contributed by atoms with E-state index >= 15 is 0 Å². The minimum absolute atomic E-state index is 0.0314. The smallest absolute Gasteiger partial charge is 0.332 e. The van der Waals surface area contributed by atoms with Gasteiger partial charge in [-0.2, -0.15) is 0 Å². The summed E-state index contributed by atoms with van der Waals surface area (Å²) in [6.45, 7) is 0.172. The van der Waals surface area contributed by atoms with E-state index in [1.165, 1.54) is 19.3 Å². The van der Waals surface area contributed by atoms with Gasteiger partial charge in [0.2, 0.25) is 0 Å². The van der Waals surface area contributed by atoms with Crippen LogP contribution in [0, 0.1) is 17.8 Å². The first-order valence-electron chi connectivity index (χ1n) is 7.93. The van der Waals surface area contributed by atoms with Crippen molar-refractivity contribution in [3.63, 3.8) is 0 Å². The summed E-state index contributed by atoms with van der Waals surface area (Å²) in [5.74, 6) is 1.06. The fraction of sp³-hybridized carbons (Fsp3) is 0.867. The molecule has 118 valence electrons. The highest BCUT2D eigenvalue weighted by atomic mass is 16.4.